The molecule has 1 aromatic rings. The number of amides is 2. The molecule has 34 heavy (non-hydrogen) atoms. The summed E-state index contributed by atoms with van der Waals surface area (Å²) in [6.07, 6.45) is 4.77. The lowest BCUT2D eigenvalue weighted by atomic mass is 9.99. The highest BCUT2D eigenvalue weighted by molar-refractivity contribution is 7.92. The van der Waals surface area contributed by atoms with E-state index in [1.165, 1.54) is 6.07 Å². The van der Waals surface area contributed by atoms with Gasteiger partial charge in [0.25, 0.3) is 5.91 Å². The number of hydrogen-bond donors (Lipinski definition) is 1. The predicted molar refractivity (Wildman–Crippen MR) is 130 cm³/mol. The zero-order valence-corrected chi connectivity index (χ0v) is 21.6. The first kappa shape index (κ1) is 26.3. The van der Waals surface area contributed by atoms with Gasteiger partial charge in [-0.05, 0) is 38.0 Å². The molecule has 1 N–H and O–H groups in total. The minimum Gasteiger partial charge on any atom is -0.491 e. The second kappa shape index (κ2) is 10.9. The molecule has 3 atom stereocenters. The van der Waals surface area contributed by atoms with Crippen molar-refractivity contribution >= 4 is 27.5 Å². The van der Waals surface area contributed by atoms with Crippen LogP contribution in [0.3, 0.4) is 0 Å². The molecule has 1 saturated carbocycles. The van der Waals surface area contributed by atoms with E-state index in [1.54, 1.807) is 31.2 Å². The van der Waals surface area contributed by atoms with Crippen LogP contribution in [0.2, 0.25) is 0 Å². The fraction of sp³-hybridized carbons (Fsp3) is 0.667. The third-order valence-electron chi connectivity index (χ3n) is 6.74. The van der Waals surface area contributed by atoms with Gasteiger partial charge in [-0.15, -0.1) is 0 Å². The number of carbonyl (C=O) groups is 2. The third kappa shape index (κ3) is 6.41. The van der Waals surface area contributed by atoms with E-state index in [0.717, 1.165) is 31.9 Å². The van der Waals surface area contributed by atoms with Crippen molar-refractivity contribution in [2.45, 2.75) is 51.7 Å². The standard InChI is InChI=1S/C24H37N3O6S/c1-16-13-27(23(28)18-8-6-7-9-18)17(2)15-33-21-11-10-19(25-34(5,30)31)12-20(21)24(29)26(3)14-22(16)32-4/h10-12,16-18,22,25H,6-9,13-15H2,1-5H3/t16-,17-,22+/m1/s1. The number of fused-ring (bicyclic) bond motifs is 1. The second-order valence-electron chi connectivity index (χ2n) is 9.65. The molecular weight excluding hydrogens is 458 g/mol. The van der Waals surface area contributed by atoms with Crippen molar-refractivity contribution in [3.63, 3.8) is 0 Å². The number of ether oxygens (including phenoxy) is 2. The third-order valence-corrected chi connectivity index (χ3v) is 7.34. The van der Waals surface area contributed by atoms with E-state index in [0.29, 0.717) is 18.8 Å². The Hall–Kier alpha value is -2.33. The van der Waals surface area contributed by atoms with Gasteiger partial charge in [0.05, 0.1) is 24.0 Å². The molecule has 1 heterocycles. The van der Waals surface area contributed by atoms with Gasteiger partial charge in [-0.1, -0.05) is 19.8 Å². The summed E-state index contributed by atoms with van der Waals surface area (Å²) in [5.74, 6) is 0.242. The Morgan fingerprint density at radius 3 is 2.47 bits per heavy atom. The highest BCUT2D eigenvalue weighted by atomic mass is 32.2. The normalized spacial score (nSPS) is 25.2. The molecule has 10 heteroatoms. The fourth-order valence-corrected chi connectivity index (χ4v) is 5.32. The Labute approximate surface area is 202 Å². The lowest BCUT2D eigenvalue weighted by Gasteiger charge is -2.37. The number of sulfonamides is 1. The topological polar surface area (TPSA) is 105 Å². The number of likely N-dealkylation sites (N-methyl/N-ethyl adjacent to an activating group) is 1. The smallest absolute Gasteiger partial charge is 0.257 e. The van der Waals surface area contributed by atoms with Crippen LogP contribution in [-0.4, -0.2) is 82.3 Å². The molecule has 2 amide bonds. The average Bonchev–Trinajstić information content (AvgIpc) is 3.32. The molecule has 0 unspecified atom stereocenters. The fourth-order valence-electron chi connectivity index (χ4n) is 4.77. The Morgan fingerprint density at radius 1 is 1.18 bits per heavy atom. The molecule has 190 valence electrons. The maximum absolute atomic E-state index is 13.4. The monoisotopic (exact) mass is 495 g/mol. The minimum atomic E-state index is -3.51. The van der Waals surface area contributed by atoms with E-state index < -0.39 is 10.0 Å². The lowest BCUT2D eigenvalue weighted by Crippen LogP contribution is -2.50. The first-order valence-electron chi connectivity index (χ1n) is 11.8. The van der Waals surface area contributed by atoms with E-state index in [1.807, 2.05) is 18.7 Å². The van der Waals surface area contributed by atoms with Gasteiger partial charge in [0.2, 0.25) is 15.9 Å². The van der Waals surface area contributed by atoms with E-state index in [-0.39, 0.29) is 53.7 Å². The quantitative estimate of drug-likeness (QED) is 0.688. The summed E-state index contributed by atoms with van der Waals surface area (Å²) < 4.78 is 37.6. The highest BCUT2D eigenvalue weighted by Crippen LogP contribution is 2.30. The van der Waals surface area contributed by atoms with Crippen LogP contribution in [0, 0.1) is 11.8 Å². The van der Waals surface area contributed by atoms with Crippen LogP contribution in [0.5, 0.6) is 5.75 Å². The molecule has 2 aliphatic rings. The zero-order valence-electron chi connectivity index (χ0n) is 20.7. The molecule has 1 aliphatic carbocycles. The number of anilines is 1. The molecule has 0 saturated heterocycles. The number of rotatable bonds is 4. The molecule has 9 nitrogen and oxygen atoms in total. The first-order chi connectivity index (χ1) is 16.0. The summed E-state index contributed by atoms with van der Waals surface area (Å²) in [7, 11) is -0.216. The molecule has 1 fully saturated rings. The zero-order chi connectivity index (χ0) is 25.0. The molecule has 0 spiro atoms. The van der Waals surface area contributed by atoms with Crippen molar-refractivity contribution in [3.05, 3.63) is 23.8 Å². The summed E-state index contributed by atoms with van der Waals surface area (Å²) >= 11 is 0. The number of nitrogens with zero attached hydrogens (tertiary/aromatic N) is 2. The van der Waals surface area contributed by atoms with Crippen LogP contribution in [0.25, 0.3) is 0 Å². The lowest BCUT2D eigenvalue weighted by molar-refractivity contribution is -0.139. The van der Waals surface area contributed by atoms with Gasteiger partial charge < -0.3 is 19.3 Å². The summed E-state index contributed by atoms with van der Waals surface area (Å²) in [6, 6.07) is 4.43. The summed E-state index contributed by atoms with van der Waals surface area (Å²) in [5, 5.41) is 0. The van der Waals surface area contributed by atoms with E-state index in [9.17, 15) is 18.0 Å². The summed E-state index contributed by atoms with van der Waals surface area (Å²) in [5.41, 5.74) is 0.529. The highest BCUT2D eigenvalue weighted by Gasteiger charge is 2.34. The van der Waals surface area contributed by atoms with Crippen molar-refractivity contribution in [2.24, 2.45) is 11.8 Å². The molecule has 1 aliphatic heterocycles. The van der Waals surface area contributed by atoms with Crippen molar-refractivity contribution in [2.75, 3.05) is 44.8 Å². The number of hydrogen-bond acceptors (Lipinski definition) is 6. The summed E-state index contributed by atoms with van der Waals surface area (Å²) in [6.45, 7) is 5.04. The SMILES string of the molecule is CO[C@H]1CN(C)C(=O)c2cc(NS(C)(=O)=O)ccc2OC[C@@H](C)N(C(=O)C2CCCC2)C[C@H]1C. The van der Waals surface area contributed by atoms with Crippen LogP contribution in [-0.2, 0) is 19.6 Å². The van der Waals surface area contributed by atoms with Gasteiger partial charge in [-0.2, -0.15) is 0 Å². The number of nitrogens with one attached hydrogen (secondary N) is 1. The van der Waals surface area contributed by atoms with Crippen molar-refractivity contribution in [1.82, 2.24) is 9.80 Å². The van der Waals surface area contributed by atoms with Gasteiger partial charge in [0.15, 0.2) is 0 Å². The largest absolute Gasteiger partial charge is 0.491 e. The van der Waals surface area contributed by atoms with E-state index in [2.05, 4.69) is 4.72 Å². The summed E-state index contributed by atoms with van der Waals surface area (Å²) in [4.78, 5) is 30.2. The van der Waals surface area contributed by atoms with E-state index >= 15 is 0 Å². The van der Waals surface area contributed by atoms with Crippen LogP contribution in [0.4, 0.5) is 5.69 Å². The van der Waals surface area contributed by atoms with Gasteiger partial charge in [-0.3, -0.25) is 14.3 Å². The molecule has 0 aromatic heterocycles. The van der Waals surface area contributed by atoms with Crippen LogP contribution >= 0.6 is 0 Å². The predicted octanol–water partition coefficient (Wildman–Crippen LogP) is 2.58. The first-order valence-corrected chi connectivity index (χ1v) is 13.7. The number of carbonyl (C=O) groups excluding carboxylic acids is 2. The van der Waals surface area contributed by atoms with E-state index in [4.69, 9.17) is 9.47 Å². The van der Waals surface area contributed by atoms with Gasteiger partial charge in [0, 0.05) is 44.8 Å². The second-order valence-corrected chi connectivity index (χ2v) is 11.4. The van der Waals surface area contributed by atoms with Crippen molar-refractivity contribution in [3.8, 4) is 5.75 Å². The molecule has 3 rings (SSSR count). The van der Waals surface area contributed by atoms with Crippen molar-refractivity contribution in [1.29, 1.82) is 0 Å². The Morgan fingerprint density at radius 2 is 1.85 bits per heavy atom. The van der Waals surface area contributed by atoms with Crippen LogP contribution < -0.4 is 9.46 Å². The molecule has 0 bridgehead atoms. The number of benzene rings is 1. The van der Waals surface area contributed by atoms with Crippen LogP contribution in [0.1, 0.15) is 49.9 Å². The maximum atomic E-state index is 13.4. The Kier molecular flexibility index (Phi) is 8.46. The van der Waals surface area contributed by atoms with Crippen LogP contribution in [0.15, 0.2) is 18.2 Å². The van der Waals surface area contributed by atoms with Crippen molar-refractivity contribution < 1.29 is 27.5 Å². The van der Waals surface area contributed by atoms with Gasteiger partial charge >= 0.3 is 0 Å². The Bertz CT molecular complexity index is 992. The van der Waals surface area contributed by atoms with Gasteiger partial charge in [0.1, 0.15) is 12.4 Å². The number of methoxy groups -OCH3 is 1. The minimum absolute atomic E-state index is 0.00909. The molecule has 0 radical (unpaired) electrons. The maximum Gasteiger partial charge on any atom is 0.257 e. The molecular formula is C24H37N3O6S. The average molecular weight is 496 g/mol. The Balaban J connectivity index is 1.96. The molecule has 1 aromatic carbocycles. The van der Waals surface area contributed by atoms with Gasteiger partial charge in [-0.25, -0.2) is 8.42 Å².